The molecule has 4 heteroatoms. The summed E-state index contributed by atoms with van der Waals surface area (Å²) >= 11 is 0. The zero-order valence-corrected chi connectivity index (χ0v) is 11.0. The Kier molecular flexibility index (Phi) is 4.98. The van der Waals surface area contributed by atoms with Crippen LogP contribution in [0.3, 0.4) is 0 Å². The molecule has 0 atom stereocenters. The lowest BCUT2D eigenvalue weighted by atomic mass is 10.3. The van der Waals surface area contributed by atoms with Gasteiger partial charge in [0.1, 0.15) is 29.7 Å². The maximum absolute atomic E-state index is 13.0. The van der Waals surface area contributed by atoms with E-state index in [2.05, 4.69) is 12.2 Å². The van der Waals surface area contributed by atoms with Gasteiger partial charge in [0.2, 0.25) is 0 Å². The van der Waals surface area contributed by atoms with E-state index in [-0.39, 0.29) is 5.82 Å². The smallest absolute Gasteiger partial charge is 0.146 e. The summed E-state index contributed by atoms with van der Waals surface area (Å²) in [6.45, 7) is 4.11. The monoisotopic (exact) mass is 263 g/mol. The molecule has 1 aromatic carbocycles. The Hall–Kier alpha value is -1.81. The normalized spacial score (nSPS) is 10.6. The van der Waals surface area contributed by atoms with Gasteiger partial charge < -0.3 is 14.5 Å². The van der Waals surface area contributed by atoms with Crippen molar-refractivity contribution in [1.82, 2.24) is 5.32 Å². The molecule has 0 saturated heterocycles. The minimum atomic E-state index is -0.304. The number of nitrogens with one attached hydrogen (secondary N) is 1. The predicted molar refractivity (Wildman–Crippen MR) is 71.4 cm³/mol. The molecular formula is C15H18FNO2. The van der Waals surface area contributed by atoms with Gasteiger partial charge in [-0.2, -0.15) is 0 Å². The molecule has 0 aliphatic carbocycles. The third-order valence-electron chi connectivity index (χ3n) is 2.62. The summed E-state index contributed by atoms with van der Waals surface area (Å²) in [5.41, 5.74) is 0. The molecule has 2 rings (SSSR count). The van der Waals surface area contributed by atoms with Gasteiger partial charge in [-0.15, -0.1) is 0 Å². The first-order chi connectivity index (χ1) is 9.28. The summed E-state index contributed by atoms with van der Waals surface area (Å²) < 4.78 is 24.0. The van der Waals surface area contributed by atoms with Gasteiger partial charge in [-0.25, -0.2) is 4.39 Å². The van der Waals surface area contributed by atoms with Gasteiger partial charge in [-0.05, 0) is 37.2 Å². The minimum Gasteiger partial charge on any atom is -0.486 e. The number of ether oxygens (including phenoxy) is 1. The van der Waals surface area contributed by atoms with Crippen molar-refractivity contribution in [2.75, 3.05) is 6.54 Å². The Balaban J connectivity index is 1.83. The quantitative estimate of drug-likeness (QED) is 0.776. The van der Waals surface area contributed by atoms with E-state index in [9.17, 15) is 4.39 Å². The van der Waals surface area contributed by atoms with E-state index >= 15 is 0 Å². The first-order valence-electron chi connectivity index (χ1n) is 6.44. The number of furan rings is 1. The number of rotatable bonds is 7. The molecule has 0 saturated carbocycles. The van der Waals surface area contributed by atoms with Crippen LogP contribution in [0.25, 0.3) is 0 Å². The molecule has 3 nitrogen and oxygen atoms in total. The van der Waals surface area contributed by atoms with Crippen LogP contribution in [-0.2, 0) is 13.2 Å². The average molecular weight is 263 g/mol. The zero-order chi connectivity index (χ0) is 13.5. The van der Waals surface area contributed by atoms with Crippen LogP contribution in [0.2, 0.25) is 0 Å². The largest absolute Gasteiger partial charge is 0.486 e. The SMILES string of the molecule is CCCNCc1ccc(COc2cccc(F)c2)o1. The number of hydrogen-bond acceptors (Lipinski definition) is 3. The maximum Gasteiger partial charge on any atom is 0.146 e. The molecule has 2 aromatic rings. The van der Waals surface area contributed by atoms with Crippen molar-refractivity contribution in [3.63, 3.8) is 0 Å². The molecule has 0 spiro atoms. The van der Waals surface area contributed by atoms with E-state index < -0.39 is 0 Å². The van der Waals surface area contributed by atoms with Crippen LogP contribution in [0.5, 0.6) is 5.75 Å². The Labute approximate surface area is 112 Å². The van der Waals surface area contributed by atoms with Crippen LogP contribution in [-0.4, -0.2) is 6.54 Å². The fraction of sp³-hybridized carbons (Fsp3) is 0.333. The highest BCUT2D eigenvalue weighted by molar-refractivity contribution is 5.22. The molecule has 1 aromatic heterocycles. The van der Waals surface area contributed by atoms with Crippen LogP contribution in [0.15, 0.2) is 40.8 Å². The molecule has 19 heavy (non-hydrogen) atoms. The van der Waals surface area contributed by atoms with Crippen molar-refractivity contribution in [2.45, 2.75) is 26.5 Å². The number of benzene rings is 1. The lowest BCUT2D eigenvalue weighted by Crippen LogP contribution is -2.13. The van der Waals surface area contributed by atoms with Crippen LogP contribution in [0, 0.1) is 5.82 Å². The third-order valence-corrected chi connectivity index (χ3v) is 2.62. The Morgan fingerprint density at radius 3 is 2.84 bits per heavy atom. The summed E-state index contributed by atoms with van der Waals surface area (Å²) in [5.74, 6) is 1.81. The van der Waals surface area contributed by atoms with E-state index in [4.69, 9.17) is 9.15 Å². The Morgan fingerprint density at radius 2 is 2.05 bits per heavy atom. The number of halogens is 1. The average Bonchev–Trinajstić information content (AvgIpc) is 2.85. The summed E-state index contributed by atoms with van der Waals surface area (Å²) in [6.07, 6.45) is 1.09. The topological polar surface area (TPSA) is 34.4 Å². The summed E-state index contributed by atoms with van der Waals surface area (Å²) in [6, 6.07) is 9.88. The van der Waals surface area contributed by atoms with Gasteiger partial charge in [0.15, 0.2) is 0 Å². The van der Waals surface area contributed by atoms with Crippen LogP contribution in [0.4, 0.5) is 4.39 Å². The highest BCUT2D eigenvalue weighted by Gasteiger charge is 2.03. The molecule has 0 bridgehead atoms. The van der Waals surface area contributed by atoms with Gasteiger partial charge >= 0.3 is 0 Å². The van der Waals surface area contributed by atoms with Crippen molar-refractivity contribution in [3.05, 3.63) is 53.7 Å². The van der Waals surface area contributed by atoms with Crippen LogP contribution < -0.4 is 10.1 Å². The molecule has 0 unspecified atom stereocenters. The second kappa shape index (κ2) is 6.95. The molecule has 1 N–H and O–H groups in total. The van der Waals surface area contributed by atoms with E-state index in [0.29, 0.717) is 18.9 Å². The van der Waals surface area contributed by atoms with E-state index in [1.807, 2.05) is 12.1 Å². The van der Waals surface area contributed by atoms with Gasteiger partial charge in [0, 0.05) is 6.07 Å². The molecule has 102 valence electrons. The highest BCUT2D eigenvalue weighted by Crippen LogP contribution is 2.15. The fourth-order valence-corrected chi connectivity index (χ4v) is 1.69. The van der Waals surface area contributed by atoms with Crippen molar-refractivity contribution in [1.29, 1.82) is 0 Å². The standard InChI is InChI=1S/C15H18FNO2/c1-2-8-17-10-14-6-7-15(19-14)11-18-13-5-3-4-12(16)9-13/h3-7,9,17H,2,8,10-11H2,1H3. The third kappa shape index (κ3) is 4.41. The molecule has 0 fully saturated rings. The molecular weight excluding hydrogens is 245 g/mol. The van der Waals surface area contributed by atoms with Gasteiger partial charge in [0.25, 0.3) is 0 Å². The molecule has 0 radical (unpaired) electrons. The minimum absolute atomic E-state index is 0.303. The van der Waals surface area contributed by atoms with Crippen molar-refractivity contribution in [3.8, 4) is 5.75 Å². The Morgan fingerprint density at radius 1 is 1.21 bits per heavy atom. The molecule has 0 aliphatic heterocycles. The predicted octanol–water partition coefficient (Wildman–Crippen LogP) is 3.50. The summed E-state index contributed by atoms with van der Waals surface area (Å²) in [4.78, 5) is 0. The van der Waals surface area contributed by atoms with Crippen LogP contribution in [0.1, 0.15) is 24.9 Å². The van der Waals surface area contributed by atoms with Crippen LogP contribution >= 0.6 is 0 Å². The summed E-state index contributed by atoms with van der Waals surface area (Å²) in [5, 5.41) is 3.26. The number of hydrogen-bond donors (Lipinski definition) is 1. The van der Waals surface area contributed by atoms with Crippen molar-refractivity contribution in [2.24, 2.45) is 0 Å². The summed E-state index contributed by atoms with van der Waals surface area (Å²) in [7, 11) is 0. The Bertz CT molecular complexity index is 510. The first kappa shape index (κ1) is 13.6. The van der Waals surface area contributed by atoms with Gasteiger partial charge in [0.05, 0.1) is 6.54 Å². The lowest BCUT2D eigenvalue weighted by molar-refractivity contribution is 0.264. The maximum atomic E-state index is 13.0. The second-order valence-electron chi connectivity index (χ2n) is 4.29. The zero-order valence-electron chi connectivity index (χ0n) is 11.0. The fourth-order valence-electron chi connectivity index (χ4n) is 1.69. The first-order valence-corrected chi connectivity index (χ1v) is 6.44. The second-order valence-corrected chi connectivity index (χ2v) is 4.29. The molecule has 0 aliphatic rings. The highest BCUT2D eigenvalue weighted by atomic mass is 19.1. The lowest BCUT2D eigenvalue weighted by Gasteiger charge is -2.04. The van der Waals surface area contributed by atoms with Gasteiger partial charge in [-0.1, -0.05) is 13.0 Å². The molecule has 0 amide bonds. The van der Waals surface area contributed by atoms with Gasteiger partial charge in [-0.3, -0.25) is 0 Å². The molecule has 1 heterocycles. The van der Waals surface area contributed by atoms with Crippen molar-refractivity contribution >= 4 is 0 Å². The van der Waals surface area contributed by atoms with Crippen molar-refractivity contribution < 1.29 is 13.5 Å². The van der Waals surface area contributed by atoms with E-state index in [0.717, 1.165) is 24.5 Å². The van der Waals surface area contributed by atoms with E-state index in [1.165, 1.54) is 12.1 Å². The van der Waals surface area contributed by atoms with E-state index in [1.54, 1.807) is 12.1 Å².